The van der Waals surface area contributed by atoms with Gasteiger partial charge in [0, 0.05) is 41.0 Å². The third-order valence-corrected chi connectivity index (χ3v) is 5.80. The van der Waals surface area contributed by atoms with Crippen LogP contribution in [0.5, 0.6) is 0 Å². The number of thioether (sulfide) groups is 1. The number of urea groups is 1. The summed E-state index contributed by atoms with van der Waals surface area (Å²) < 4.78 is 5.48. The minimum atomic E-state index is -0.273. The topological polar surface area (TPSA) is 132 Å². The van der Waals surface area contributed by atoms with Gasteiger partial charge in [-0.3, -0.25) is 10.3 Å². The van der Waals surface area contributed by atoms with Crippen molar-refractivity contribution in [1.82, 2.24) is 20.6 Å². The Balaban J connectivity index is 1.75. The molecule has 0 aliphatic heterocycles. The van der Waals surface area contributed by atoms with E-state index in [1.54, 1.807) is 36.2 Å². The van der Waals surface area contributed by atoms with Crippen molar-refractivity contribution in [3.63, 3.8) is 0 Å². The fourth-order valence-electron chi connectivity index (χ4n) is 3.57. The molecule has 172 valence electrons. The average Bonchev–Trinajstić information content (AvgIpc) is 3.30. The van der Waals surface area contributed by atoms with Crippen molar-refractivity contribution in [2.45, 2.75) is 31.7 Å². The van der Waals surface area contributed by atoms with Crippen molar-refractivity contribution in [3.05, 3.63) is 35.7 Å². The lowest BCUT2D eigenvalue weighted by Crippen LogP contribution is -2.36. The Bertz CT molecular complexity index is 962. The van der Waals surface area contributed by atoms with Crippen LogP contribution in [0.2, 0.25) is 0 Å². The molecule has 1 aliphatic rings. The van der Waals surface area contributed by atoms with Gasteiger partial charge in [-0.05, 0) is 37.3 Å². The Hall–Kier alpha value is -2.69. The lowest BCUT2D eigenvalue weighted by atomic mass is 10.1. The molecule has 0 atom stereocenters. The van der Waals surface area contributed by atoms with E-state index in [1.807, 2.05) is 6.26 Å². The van der Waals surface area contributed by atoms with Crippen LogP contribution >= 0.6 is 11.8 Å². The number of aliphatic hydroxyl groups is 1. The van der Waals surface area contributed by atoms with Crippen LogP contribution in [0.25, 0.3) is 16.6 Å². The van der Waals surface area contributed by atoms with E-state index >= 15 is 0 Å². The molecule has 2 heterocycles. The SMILES string of the molecule is CSCCOCN/C(CO)=C(\C=N)c1cnc2ccc(NC(=O)NC3CCCC3)nc2c1. The van der Waals surface area contributed by atoms with Gasteiger partial charge in [0.05, 0.1) is 24.2 Å². The van der Waals surface area contributed by atoms with Crippen molar-refractivity contribution >= 4 is 46.4 Å². The second-order valence-electron chi connectivity index (χ2n) is 7.46. The maximum Gasteiger partial charge on any atom is 0.320 e. The number of anilines is 1. The van der Waals surface area contributed by atoms with Gasteiger partial charge >= 0.3 is 6.03 Å². The molecule has 32 heavy (non-hydrogen) atoms. The third kappa shape index (κ3) is 6.65. The molecule has 2 aromatic rings. The van der Waals surface area contributed by atoms with Gasteiger partial charge in [-0.25, -0.2) is 9.78 Å². The van der Waals surface area contributed by atoms with Gasteiger partial charge in [0.2, 0.25) is 0 Å². The highest BCUT2D eigenvalue weighted by molar-refractivity contribution is 7.98. The van der Waals surface area contributed by atoms with Crippen LogP contribution in [0.1, 0.15) is 31.2 Å². The van der Waals surface area contributed by atoms with E-state index in [9.17, 15) is 9.90 Å². The number of aliphatic hydroxyl groups excluding tert-OH is 1. The van der Waals surface area contributed by atoms with Gasteiger partial charge in [-0.2, -0.15) is 11.8 Å². The van der Waals surface area contributed by atoms with Gasteiger partial charge in [-0.1, -0.05) is 12.8 Å². The Morgan fingerprint density at radius 2 is 2.16 bits per heavy atom. The maximum atomic E-state index is 12.3. The van der Waals surface area contributed by atoms with Crippen LogP contribution < -0.4 is 16.0 Å². The number of rotatable bonds is 11. The molecule has 2 aromatic heterocycles. The number of amides is 2. The molecule has 1 aliphatic carbocycles. The number of aromatic nitrogens is 2. The molecule has 5 N–H and O–H groups in total. The summed E-state index contributed by atoms with van der Waals surface area (Å²) in [5.41, 5.74) is 2.84. The largest absolute Gasteiger partial charge is 0.390 e. The van der Waals surface area contributed by atoms with Crippen molar-refractivity contribution in [2.24, 2.45) is 0 Å². The highest BCUT2D eigenvalue weighted by Gasteiger charge is 2.17. The number of pyridine rings is 2. The number of nitrogens with one attached hydrogen (secondary N) is 4. The van der Waals surface area contributed by atoms with Gasteiger partial charge in [0.25, 0.3) is 0 Å². The van der Waals surface area contributed by atoms with E-state index < -0.39 is 0 Å². The summed E-state index contributed by atoms with van der Waals surface area (Å²) in [4.78, 5) is 21.2. The minimum Gasteiger partial charge on any atom is -0.390 e. The molecule has 0 bridgehead atoms. The summed E-state index contributed by atoms with van der Waals surface area (Å²) in [6.07, 6.45) is 9.11. The smallest absolute Gasteiger partial charge is 0.320 e. The Morgan fingerprint density at radius 1 is 1.34 bits per heavy atom. The Morgan fingerprint density at radius 3 is 2.88 bits per heavy atom. The number of nitrogens with zero attached hydrogens (tertiary/aromatic N) is 2. The van der Waals surface area contributed by atoms with Crippen molar-refractivity contribution < 1.29 is 14.6 Å². The lowest BCUT2D eigenvalue weighted by molar-refractivity contribution is 0.135. The number of carbonyl (C=O) groups is 1. The molecule has 10 heteroatoms. The first-order valence-corrected chi connectivity index (χ1v) is 12.0. The predicted molar refractivity (Wildman–Crippen MR) is 129 cm³/mol. The molecular formula is C22H30N6O3S. The van der Waals surface area contributed by atoms with Gasteiger partial charge in [0.15, 0.2) is 0 Å². The first-order chi connectivity index (χ1) is 15.6. The lowest BCUT2D eigenvalue weighted by Gasteiger charge is -2.14. The second kappa shape index (κ2) is 12.4. The normalized spacial score (nSPS) is 14.8. The molecule has 1 saturated carbocycles. The Labute approximate surface area is 191 Å². The number of ether oxygens (including phenoxy) is 1. The number of hydrogen-bond donors (Lipinski definition) is 5. The van der Waals surface area contributed by atoms with Crippen molar-refractivity contribution in [3.8, 4) is 0 Å². The van der Waals surface area contributed by atoms with Crippen LogP contribution in [0.3, 0.4) is 0 Å². The summed E-state index contributed by atoms with van der Waals surface area (Å²) in [5, 5.41) is 26.4. The zero-order valence-corrected chi connectivity index (χ0v) is 19.0. The molecular weight excluding hydrogens is 428 g/mol. The van der Waals surface area contributed by atoms with Crippen LogP contribution in [0.4, 0.5) is 10.6 Å². The van der Waals surface area contributed by atoms with Crippen LogP contribution in [0.15, 0.2) is 30.1 Å². The zero-order chi connectivity index (χ0) is 22.8. The highest BCUT2D eigenvalue weighted by Crippen LogP contribution is 2.21. The highest BCUT2D eigenvalue weighted by atomic mass is 32.2. The van der Waals surface area contributed by atoms with Gasteiger partial charge in [-0.15, -0.1) is 0 Å². The fraction of sp³-hybridized carbons (Fsp3) is 0.455. The molecule has 0 unspecified atom stereocenters. The summed E-state index contributed by atoms with van der Waals surface area (Å²) in [5.74, 6) is 1.31. The van der Waals surface area contributed by atoms with E-state index in [4.69, 9.17) is 10.1 Å². The van der Waals surface area contributed by atoms with E-state index in [-0.39, 0.29) is 25.4 Å². The molecule has 0 aromatic carbocycles. The zero-order valence-electron chi connectivity index (χ0n) is 18.2. The van der Waals surface area contributed by atoms with E-state index in [0.717, 1.165) is 31.4 Å². The van der Waals surface area contributed by atoms with Crippen LogP contribution in [-0.2, 0) is 4.74 Å². The minimum absolute atomic E-state index is 0.220. The molecule has 9 nitrogen and oxygen atoms in total. The molecule has 2 amide bonds. The number of hydrogen-bond acceptors (Lipinski definition) is 8. The summed E-state index contributed by atoms with van der Waals surface area (Å²) >= 11 is 1.69. The van der Waals surface area contributed by atoms with Crippen molar-refractivity contribution in [1.29, 1.82) is 5.41 Å². The molecule has 0 spiro atoms. The van der Waals surface area contributed by atoms with Gasteiger partial charge < -0.3 is 25.9 Å². The number of fused-ring (bicyclic) bond motifs is 1. The first-order valence-electron chi connectivity index (χ1n) is 10.6. The summed E-state index contributed by atoms with van der Waals surface area (Å²) in [6, 6.07) is 5.24. The maximum absolute atomic E-state index is 12.3. The van der Waals surface area contributed by atoms with Crippen molar-refractivity contribution in [2.75, 3.05) is 37.3 Å². The quantitative estimate of drug-likeness (QED) is 0.199. The van der Waals surface area contributed by atoms with Crippen LogP contribution in [-0.4, -0.2) is 65.3 Å². The fourth-order valence-corrected chi connectivity index (χ4v) is 3.85. The summed E-state index contributed by atoms with van der Waals surface area (Å²) in [7, 11) is 0. The molecule has 0 saturated heterocycles. The van der Waals surface area contributed by atoms with E-state index in [2.05, 4.69) is 25.9 Å². The van der Waals surface area contributed by atoms with Crippen LogP contribution in [0, 0.1) is 5.41 Å². The van der Waals surface area contributed by atoms with E-state index in [1.165, 1.54) is 6.21 Å². The second-order valence-corrected chi connectivity index (χ2v) is 8.44. The molecule has 1 fully saturated rings. The number of carbonyl (C=O) groups excluding carboxylic acids is 1. The third-order valence-electron chi connectivity index (χ3n) is 5.23. The average molecular weight is 459 g/mol. The Kier molecular flexibility index (Phi) is 9.27. The molecule has 3 rings (SSSR count). The first kappa shape index (κ1) is 24.0. The van der Waals surface area contributed by atoms with Gasteiger partial charge in [0.1, 0.15) is 12.5 Å². The predicted octanol–water partition coefficient (Wildman–Crippen LogP) is 2.97. The monoisotopic (exact) mass is 458 g/mol. The van der Waals surface area contributed by atoms with E-state index in [0.29, 0.717) is 40.3 Å². The summed E-state index contributed by atoms with van der Waals surface area (Å²) in [6.45, 7) is 0.556. The number of allylic oxidation sites excluding steroid dienone is 1. The standard InChI is InChI=1S/C22H30N6O3S/c1-32-9-8-31-14-25-20(13-29)17(11-23)15-10-19-18(24-12-15)6-7-21(27-19)28-22(30)26-16-4-2-3-5-16/h6-7,10-12,16,23,25,29H,2-5,8-9,13-14H2,1H3,(H2,26,27,28,30)/b20-17+,23-11?. The molecule has 0 radical (unpaired) electrons.